The summed E-state index contributed by atoms with van der Waals surface area (Å²) in [7, 11) is 2.20. The molecule has 2 N–H and O–H groups in total. The fourth-order valence-corrected chi connectivity index (χ4v) is 3.61. The molecule has 5 heteroatoms. The third-order valence-electron chi connectivity index (χ3n) is 4.72. The standard InChI is InChI=1S/C15H22N4O/c1-18-7-2-3-11-10-19(8-5-14(11)18)15(20)12-4-6-17-9-13(12)16/h4,6,9,11,14H,2-3,5,7-8,10,16H2,1H3. The first-order valence-electron chi connectivity index (χ1n) is 7.36. The maximum absolute atomic E-state index is 12.6. The fraction of sp³-hybridized carbons (Fsp3) is 0.600. The first-order valence-corrected chi connectivity index (χ1v) is 7.36. The van der Waals surface area contributed by atoms with Crippen molar-refractivity contribution in [3.05, 3.63) is 24.0 Å². The van der Waals surface area contributed by atoms with Gasteiger partial charge in [-0.25, -0.2) is 0 Å². The van der Waals surface area contributed by atoms with Gasteiger partial charge in [0.1, 0.15) is 0 Å². The van der Waals surface area contributed by atoms with E-state index in [1.807, 2.05) is 4.90 Å². The number of carbonyl (C=O) groups is 1. The van der Waals surface area contributed by atoms with Crippen molar-refractivity contribution in [3.8, 4) is 0 Å². The Balaban J connectivity index is 1.73. The number of anilines is 1. The molecule has 0 aromatic carbocycles. The van der Waals surface area contributed by atoms with Crippen LogP contribution in [0.4, 0.5) is 5.69 Å². The normalized spacial score (nSPS) is 27.1. The molecular formula is C15H22N4O. The van der Waals surface area contributed by atoms with Crippen LogP contribution in [0.15, 0.2) is 18.5 Å². The molecule has 3 heterocycles. The summed E-state index contributed by atoms with van der Waals surface area (Å²) in [5, 5.41) is 0. The van der Waals surface area contributed by atoms with E-state index in [4.69, 9.17) is 5.73 Å². The molecule has 2 atom stereocenters. The van der Waals surface area contributed by atoms with Gasteiger partial charge in [0.05, 0.1) is 17.4 Å². The van der Waals surface area contributed by atoms with Crippen LogP contribution in [-0.4, -0.2) is 53.4 Å². The Morgan fingerprint density at radius 1 is 1.40 bits per heavy atom. The molecule has 2 aliphatic rings. The summed E-state index contributed by atoms with van der Waals surface area (Å²) in [4.78, 5) is 20.9. The Kier molecular flexibility index (Phi) is 3.61. The zero-order chi connectivity index (χ0) is 14.1. The van der Waals surface area contributed by atoms with E-state index in [2.05, 4.69) is 16.9 Å². The molecule has 0 spiro atoms. The van der Waals surface area contributed by atoms with Crippen molar-refractivity contribution >= 4 is 11.6 Å². The Hall–Kier alpha value is -1.62. The predicted octanol–water partition coefficient (Wildman–Crippen LogP) is 1.22. The topological polar surface area (TPSA) is 62.5 Å². The van der Waals surface area contributed by atoms with Crippen LogP contribution in [0.2, 0.25) is 0 Å². The minimum absolute atomic E-state index is 0.0524. The Morgan fingerprint density at radius 2 is 2.25 bits per heavy atom. The molecule has 0 aliphatic carbocycles. The van der Waals surface area contributed by atoms with Crippen LogP contribution < -0.4 is 5.73 Å². The molecule has 2 fully saturated rings. The molecule has 2 saturated heterocycles. The van der Waals surface area contributed by atoms with Crippen molar-refractivity contribution in [2.45, 2.75) is 25.3 Å². The minimum atomic E-state index is 0.0524. The second kappa shape index (κ2) is 5.40. The second-order valence-electron chi connectivity index (χ2n) is 5.95. The van der Waals surface area contributed by atoms with Crippen molar-refractivity contribution < 1.29 is 4.79 Å². The van der Waals surface area contributed by atoms with Gasteiger partial charge in [0.25, 0.3) is 5.91 Å². The number of pyridine rings is 1. The van der Waals surface area contributed by atoms with Gasteiger partial charge >= 0.3 is 0 Å². The van der Waals surface area contributed by atoms with Gasteiger partial charge in [-0.05, 0) is 44.8 Å². The monoisotopic (exact) mass is 274 g/mol. The number of piperidine rings is 2. The van der Waals surface area contributed by atoms with Gasteiger partial charge in [-0.15, -0.1) is 0 Å². The summed E-state index contributed by atoms with van der Waals surface area (Å²) in [6.45, 7) is 2.87. The van der Waals surface area contributed by atoms with E-state index >= 15 is 0 Å². The number of nitrogens with zero attached hydrogens (tertiary/aromatic N) is 3. The van der Waals surface area contributed by atoms with Crippen LogP contribution in [0.1, 0.15) is 29.6 Å². The number of rotatable bonds is 1. The first-order chi connectivity index (χ1) is 9.66. The highest BCUT2D eigenvalue weighted by molar-refractivity contribution is 5.98. The van der Waals surface area contributed by atoms with Crippen LogP contribution in [0.5, 0.6) is 0 Å². The molecular weight excluding hydrogens is 252 g/mol. The summed E-state index contributed by atoms with van der Waals surface area (Å²) in [6, 6.07) is 2.36. The quantitative estimate of drug-likeness (QED) is 0.836. The highest BCUT2D eigenvalue weighted by Gasteiger charge is 2.36. The van der Waals surface area contributed by atoms with Crippen LogP contribution in [-0.2, 0) is 0 Å². The third kappa shape index (κ3) is 2.38. The number of hydrogen-bond acceptors (Lipinski definition) is 4. The number of fused-ring (bicyclic) bond motifs is 1. The van der Waals surface area contributed by atoms with Crippen LogP contribution in [0, 0.1) is 5.92 Å². The van der Waals surface area contributed by atoms with Gasteiger partial charge in [-0.1, -0.05) is 0 Å². The van der Waals surface area contributed by atoms with Crippen molar-refractivity contribution in [2.75, 3.05) is 32.4 Å². The first kappa shape index (κ1) is 13.4. The van der Waals surface area contributed by atoms with Crippen molar-refractivity contribution in [1.29, 1.82) is 0 Å². The molecule has 0 saturated carbocycles. The van der Waals surface area contributed by atoms with Crippen LogP contribution >= 0.6 is 0 Å². The van der Waals surface area contributed by atoms with E-state index in [-0.39, 0.29) is 5.91 Å². The molecule has 1 amide bonds. The number of likely N-dealkylation sites (tertiary alicyclic amines) is 2. The number of carbonyl (C=O) groups excluding carboxylic acids is 1. The summed E-state index contributed by atoms with van der Waals surface area (Å²) >= 11 is 0. The average molecular weight is 274 g/mol. The molecule has 1 aromatic heterocycles. The number of nitrogen functional groups attached to an aromatic ring is 1. The predicted molar refractivity (Wildman–Crippen MR) is 78.3 cm³/mol. The largest absolute Gasteiger partial charge is 0.397 e. The van der Waals surface area contributed by atoms with Gasteiger partial charge in [-0.2, -0.15) is 0 Å². The van der Waals surface area contributed by atoms with Crippen LogP contribution in [0.3, 0.4) is 0 Å². The van der Waals surface area contributed by atoms with Crippen molar-refractivity contribution in [2.24, 2.45) is 5.92 Å². The SMILES string of the molecule is CN1CCCC2CN(C(=O)c3ccncc3N)CCC21. The zero-order valence-corrected chi connectivity index (χ0v) is 12.0. The Labute approximate surface area is 119 Å². The molecule has 5 nitrogen and oxygen atoms in total. The van der Waals surface area contributed by atoms with Crippen LogP contribution in [0.25, 0.3) is 0 Å². The number of amides is 1. The summed E-state index contributed by atoms with van der Waals surface area (Å²) in [5.41, 5.74) is 6.92. The summed E-state index contributed by atoms with van der Waals surface area (Å²) in [6.07, 6.45) is 6.71. The molecule has 20 heavy (non-hydrogen) atoms. The average Bonchev–Trinajstić information content (AvgIpc) is 2.47. The van der Waals surface area contributed by atoms with E-state index in [0.29, 0.717) is 23.2 Å². The maximum Gasteiger partial charge on any atom is 0.256 e. The van der Waals surface area contributed by atoms with E-state index < -0.39 is 0 Å². The van der Waals surface area contributed by atoms with E-state index in [9.17, 15) is 4.79 Å². The molecule has 108 valence electrons. The molecule has 2 unspecified atom stereocenters. The maximum atomic E-state index is 12.6. The lowest BCUT2D eigenvalue weighted by Crippen LogP contribution is -2.53. The lowest BCUT2D eigenvalue weighted by molar-refractivity contribution is 0.0317. The van der Waals surface area contributed by atoms with Gasteiger partial charge in [0.15, 0.2) is 0 Å². The summed E-state index contributed by atoms with van der Waals surface area (Å²) in [5.74, 6) is 0.658. The van der Waals surface area contributed by atoms with Gasteiger partial charge < -0.3 is 15.5 Å². The molecule has 1 aromatic rings. The van der Waals surface area contributed by atoms with Gasteiger partial charge in [0, 0.05) is 25.3 Å². The van der Waals surface area contributed by atoms with E-state index in [1.54, 1.807) is 18.5 Å². The minimum Gasteiger partial charge on any atom is -0.397 e. The van der Waals surface area contributed by atoms with Crippen molar-refractivity contribution in [1.82, 2.24) is 14.8 Å². The summed E-state index contributed by atoms with van der Waals surface area (Å²) < 4.78 is 0. The van der Waals surface area contributed by atoms with Gasteiger partial charge in [-0.3, -0.25) is 9.78 Å². The lowest BCUT2D eigenvalue weighted by atomic mass is 9.84. The highest BCUT2D eigenvalue weighted by Crippen LogP contribution is 2.30. The highest BCUT2D eigenvalue weighted by atomic mass is 16.2. The van der Waals surface area contributed by atoms with Gasteiger partial charge in [0.2, 0.25) is 0 Å². The Bertz CT molecular complexity index is 504. The van der Waals surface area contributed by atoms with E-state index in [0.717, 1.165) is 19.5 Å². The number of hydrogen-bond donors (Lipinski definition) is 1. The number of aromatic nitrogens is 1. The number of nitrogens with two attached hydrogens (primary N) is 1. The molecule has 2 aliphatic heterocycles. The lowest BCUT2D eigenvalue weighted by Gasteiger charge is -2.46. The second-order valence-corrected chi connectivity index (χ2v) is 5.95. The zero-order valence-electron chi connectivity index (χ0n) is 12.0. The fourth-order valence-electron chi connectivity index (χ4n) is 3.61. The van der Waals surface area contributed by atoms with E-state index in [1.165, 1.54) is 19.4 Å². The molecule has 0 radical (unpaired) electrons. The molecule has 0 bridgehead atoms. The molecule has 3 rings (SSSR count). The van der Waals surface area contributed by atoms with Crippen molar-refractivity contribution in [3.63, 3.8) is 0 Å². The Morgan fingerprint density at radius 3 is 3.05 bits per heavy atom. The third-order valence-corrected chi connectivity index (χ3v) is 4.72. The smallest absolute Gasteiger partial charge is 0.256 e.